The summed E-state index contributed by atoms with van der Waals surface area (Å²) in [5, 5.41) is 14.5. The van der Waals surface area contributed by atoms with Gasteiger partial charge in [0.25, 0.3) is 5.91 Å². The third kappa shape index (κ3) is 5.26. The molecule has 6 nitrogen and oxygen atoms in total. The van der Waals surface area contributed by atoms with Crippen molar-refractivity contribution < 1.29 is 19.4 Å². The van der Waals surface area contributed by atoms with Gasteiger partial charge >= 0.3 is 0 Å². The number of carbonyl (C=O) groups is 1. The van der Waals surface area contributed by atoms with Gasteiger partial charge in [0, 0.05) is 21.1 Å². The summed E-state index contributed by atoms with van der Waals surface area (Å²) in [7, 11) is 1.43. The molecule has 0 fully saturated rings. The number of nitrogens with zero attached hydrogens (tertiary/aromatic N) is 1. The van der Waals surface area contributed by atoms with Crippen molar-refractivity contribution in [1.82, 2.24) is 5.43 Å². The van der Waals surface area contributed by atoms with Gasteiger partial charge in [0.05, 0.1) is 22.8 Å². The molecule has 0 heterocycles. The minimum absolute atomic E-state index is 0.0487. The molecule has 0 unspecified atom stereocenters. The molecule has 0 saturated carbocycles. The number of aromatic hydroxyl groups is 1. The second-order valence-corrected chi connectivity index (χ2v) is 7.23. The second kappa shape index (κ2) is 9.45. The largest absolute Gasteiger partial charge is 0.503 e. The Morgan fingerprint density at radius 2 is 2.00 bits per heavy atom. The van der Waals surface area contributed by atoms with Gasteiger partial charge in [-0.2, -0.15) is 5.10 Å². The van der Waals surface area contributed by atoms with E-state index >= 15 is 0 Å². The molecule has 2 aromatic rings. The van der Waals surface area contributed by atoms with Crippen LogP contribution in [0.4, 0.5) is 0 Å². The van der Waals surface area contributed by atoms with Crippen LogP contribution in [-0.4, -0.2) is 30.9 Å². The third-order valence-electron chi connectivity index (χ3n) is 3.04. The lowest BCUT2D eigenvalue weighted by Crippen LogP contribution is -2.24. The van der Waals surface area contributed by atoms with Gasteiger partial charge in [-0.3, -0.25) is 4.79 Å². The van der Waals surface area contributed by atoms with Crippen LogP contribution >= 0.6 is 55.1 Å². The summed E-state index contributed by atoms with van der Waals surface area (Å²) >= 11 is 18.4. The van der Waals surface area contributed by atoms with Crippen molar-refractivity contribution in [3.8, 4) is 17.2 Å². The summed E-state index contributed by atoms with van der Waals surface area (Å²) in [6.07, 6.45) is 1.39. The van der Waals surface area contributed by atoms with Crippen LogP contribution < -0.4 is 14.9 Å². The van der Waals surface area contributed by atoms with Gasteiger partial charge in [-0.15, -0.1) is 0 Å². The second-order valence-electron chi connectivity index (χ2n) is 4.80. The number of phenolic OH excluding ortho intramolecular Hbond substituents is 1. The van der Waals surface area contributed by atoms with E-state index in [0.717, 1.165) is 0 Å². The molecule has 0 aliphatic rings. The summed E-state index contributed by atoms with van der Waals surface area (Å²) < 4.78 is 11.3. The Morgan fingerprint density at radius 1 is 1.27 bits per heavy atom. The Kier molecular flexibility index (Phi) is 7.57. The monoisotopic (exact) mass is 524 g/mol. The van der Waals surface area contributed by atoms with Crippen molar-refractivity contribution in [2.24, 2.45) is 5.10 Å². The van der Waals surface area contributed by atoms with Crippen molar-refractivity contribution in [2.75, 3.05) is 13.7 Å². The van der Waals surface area contributed by atoms with Crippen LogP contribution in [0.2, 0.25) is 10.0 Å². The molecule has 10 heteroatoms. The molecule has 2 rings (SSSR count). The van der Waals surface area contributed by atoms with E-state index < -0.39 is 5.91 Å². The van der Waals surface area contributed by atoms with Crippen LogP contribution in [0.1, 0.15) is 5.56 Å². The Morgan fingerprint density at radius 3 is 2.69 bits per heavy atom. The van der Waals surface area contributed by atoms with E-state index in [1.807, 2.05) is 0 Å². The maximum absolute atomic E-state index is 11.8. The van der Waals surface area contributed by atoms with E-state index in [1.165, 1.54) is 19.4 Å². The third-order valence-corrected chi connectivity index (χ3v) is 5.74. The van der Waals surface area contributed by atoms with Crippen LogP contribution in [0.3, 0.4) is 0 Å². The van der Waals surface area contributed by atoms with Gasteiger partial charge in [0.2, 0.25) is 0 Å². The Bertz CT molecular complexity index is 863. The molecule has 0 aromatic heterocycles. The highest BCUT2D eigenvalue weighted by molar-refractivity contribution is 9.13. The predicted octanol–water partition coefficient (Wildman–Crippen LogP) is 4.76. The summed E-state index contributed by atoms with van der Waals surface area (Å²) in [5.74, 6) is 0.0191. The molecule has 26 heavy (non-hydrogen) atoms. The zero-order valence-electron chi connectivity index (χ0n) is 13.2. The minimum Gasteiger partial charge on any atom is -0.503 e. The van der Waals surface area contributed by atoms with Gasteiger partial charge in [-0.05, 0) is 50.1 Å². The number of hydrogen-bond acceptors (Lipinski definition) is 5. The van der Waals surface area contributed by atoms with E-state index in [4.69, 9.17) is 32.7 Å². The quantitative estimate of drug-likeness (QED) is 0.420. The molecule has 2 N–H and O–H groups in total. The maximum atomic E-state index is 11.8. The normalized spacial score (nSPS) is 10.8. The first-order valence-electron chi connectivity index (χ1n) is 6.98. The first-order valence-corrected chi connectivity index (χ1v) is 9.32. The molecule has 138 valence electrons. The van der Waals surface area contributed by atoms with Gasteiger partial charge in [-0.25, -0.2) is 5.43 Å². The number of amides is 1. The number of nitrogens with one attached hydrogen (secondary N) is 1. The molecule has 1 amide bonds. The number of carbonyl (C=O) groups excluding carboxylic acids is 1. The number of ether oxygens (including phenoxy) is 2. The standard InChI is InChI=1S/C16H12Br2Cl2N2O4/c1-25-12-4-8(14(17)15(18)16(12)24)6-21-22-13(23)7-26-11-5-9(19)2-3-10(11)20/h2-6,24H,7H2,1H3,(H,22,23)/b21-6+. The lowest BCUT2D eigenvalue weighted by Gasteiger charge is -2.09. The molecule has 0 radical (unpaired) electrons. The summed E-state index contributed by atoms with van der Waals surface area (Å²) in [6, 6.07) is 6.26. The van der Waals surface area contributed by atoms with Crippen molar-refractivity contribution in [2.45, 2.75) is 0 Å². The Hall–Kier alpha value is -1.48. The van der Waals surface area contributed by atoms with E-state index in [2.05, 4.69) is 42.4 Å². The molecule has 0 aliphatic heterocycles. The Balaban J connectivity index is 1.99. The molecular formula is C16H12Br2Cl2N2O4. The minimum atomic E-state index is -0.488. The average Bonchev–Trinajstić information content (AvgIpc) is 2.62. The molecule has 0 saturated heterocycles. The smallest absolute Gasteiger partial charge is 0.277 e. The Labute approximate surface area is 176 Å². The number of benzene rings is 2. The number of rotatable bonds is 6. The van der Waals surface area contributed by atoms with Gasteiger partial charge in [0.1, 0.15) is 5.75 Å². The molecule has 0 spiro atoms. The summed E-state index contributed by atoms with van der Waals surface area (Å²) in [5.41, 5.74) is 2.90. The molecule has 0 atom stereocenters. The van der Waals surface area contributed by atoms with Crippen LogP contribution in [0, 0.1) is 0 Å². The zero-order valence-corrected chi connectivity index (χ0v) is 17.9. The summed E-state index contributed by atoms with van der Waals surface area (Å²) in [4.78, 5) is 11.8. The van der Waals surface area contributed by atoms with Crippen molar-refractivity contribution >= 4 is 67.2 Å². The topological polar surface area (TPSA) is 80.2 Å². The van der Waals surface area contributed by atoms with Crippen molar-refractivity contribution in [1.29, 1.82) is 0 Å². The van der Waals surface area contributed by atoms with Crippen molar-refractivity contribution in [3.63, 3.8) is 0 Å². The first-order chi connectivity index (χ1) is 12.3. The fourth-order valence-corrected chi connectivity index (χ4v) is 2.96. The molecule has 0 bridgehead atoms. The summed E-state index contributed by atoms with van der Waals surface area (Å²) in [6.45, 7) is -0.291. The van der Waals surface area contributed by atoms with Crippen LogP contribution in [0.25, 0.3) is 0 Å². The van der Waals surface area contributed by atoms with E-state index in [0.29, 0.717) is 30.3 Å². The van der Waals surface area contributed by atoms with Gasteiger partial charge < -0.3 is 14.6 Å². The van der Waals surface area contributed by atoms with Crippen LogP contribution in [0.5, 0.6) is 17.2 Å². The van der Waals surface area contributed by atoms with Crippen LogP contribution in [-0.2, 0) is 4.79 Å². The van der Waals surface area contributed by atoms with Gasteiger partial charge in [0.15, 0.2) is 18.1 Å². The molecule has 0 aliphatic carbocycles. The lowest BCUT2D eigenvalue weighted by atomic mass is 10.2. The van der Waals surface area contributed by atoms with Gasteiger partial charge in [-0.1, -0.05) is 23.2 Å². The highest BCUT2D eigenvalue weighted by atomic mass is 79.9. The molecular weight excluding hydrogens is 515 g/mol. The number of methoxy groups -OCH3 is 1. The fraction of sp³-hybridized carbons (Fsp3) is 0.125. The SMILES string of the molecule is COc1cc(/C=N/NC(=O)COc2cc(Cl)ccc2Cl)c(Br)c(Br)c1O. The highest BCUT2D eigenvalue weighted by Gasteiger charge is 2.14. The number of hydrazone groups is 1. The maximum Gasteiger partial charge on any atom is 0.277 e. The number of halogens is 4. The van der Waals surface area contributed by atoms with E-state index in [-0.39, 0.29) is 18.1 Å². The van der Waals surface area contributed by atoms with E-state index in [1.54, 1.807) is 18.2 Å². The van der Waals surface area contributed by atoms with E-state index in [9.17, 15) is 9.90 Å². The highest BCUT2D eigenvalue weighted by Crippen LogP contribution is 2.41. The fourth-order valence-electron chi connectivity index (χ4n) is 1.80. The zero-order chi connectivity index (χ0) is 19.3. The van der Waals surface area contributed by atoms with Crippen molar-refractivity contribution in [3.05, 3.63) is 48.8 Å². The molecule has 2 aromatic carbocycles. The number of hydrogen-bond donors (Lipinski definition) is 2. The van der Waals surface area contributed by atoms with Crippen LogP contribution in [0.15, 0.2) is 38.3 Å². The first kappa shape index (κ1) is 20.8. The average molecular weight is 527 g/mol. The predicted molar refractivity (Wildman–Crippen MR) is 108 cm³/mol. The number of phenols is 1. The lowest BCUT2D eigenvalue weighted by molar-refractivity contribution is -0.123.